The van der Waals surface area contributed by atoms with Gasteiger partial charge in [0.2, 0.25) is 0 Å². The molecule has 1 unspecified atom stereocenters. The van der Waals surface area contributed by atoms with Gasteiger partial charge in [0.05, 0.1) is 0 Å². The van der Waals surface area contributed by atoms with Gasteiger partial charge in [0.15, 0.2) is 5.96 Å². The van der Waals surface area contributed by atoms with E-state index in [2.05, 4.69) is 22.5 Å². The highest BCUT2D eigenvalue weighted by molar-refractivity contribution is 6.09. The van der Waals surface area contributed by atoms with Gasteiger partial charge >= 0.3 is 0 Å². The third-order valence-electron chi connectivity index (χ3n) is 3.36. The molecule has 2 N–H and O–H groups in total. The second kappa shape index (κ2) is 3.87. The van der Waals surface area contributed by atoms with E-state index in [4.69, 9.17) is 0 Å². The SMILES string of the molecule is CN=C1NC(=O)C(C)(c2ccc(C)c(C)c2)N1. The minimum Gasteiger partial charge on any atom is -0.338 e. The largest absolute Gasteiger partial charge is 0.338 e. The Labute approximate surface area is 101 Å². The number of hydrogen-bond donors (Lipinski definition) is 2. The van der Waals surface area contributed by atoms with Gasteiger partial charge in [0, 0.05) is 7.05 Å². The molecule has 1 aliphatic heterocycles. The van der Waals surface area contributed by atoms with E-state index in [1.807, 2.05) is 32.0 Å². The van der Waals surface area contributed by atoms with E-state index in [9.17, 15) is 4.79 Å². The Kier molecular flexibility index (Phi) is 2.65. The summed E-state index contributed by atoms with van der Waals surface area (Å²) >= 11 is 0. The molecular formula is C13H17N3O. The highest BCUT2D eigenvalue weighted by Crippen LogP contribution is 2.25. The van der Waals surface area contributed by atoms with Crippen molar-refractivity contribution in [1.29, 1.82) is 0 Å². The first-order valence-electron chi connectivity index (χ1n) is 5.61. The monoisotopic (exact) mass is 231 g/mol. The first-order chi connectivity index (χ1) is 7.97. The second-order valence-electron chi connectivity index (χ2n) is 4.58. The van der Waals surface area contributed by atoms with Crippen molar-refractivity contribution in [1.82, 2.24) is 10.6 Å². The molecule has 1 aliphatic rings. The number of amides is 1. The molecule has 0 radical (unpaired) electrons. The number of carbonyl (C=O) groups excluding carboxylic acids is 1. The molecule has 1 saturated heterocycles. The first-order valence-corrected chi connectivity index (χ1v) is 5.61. The van der Waals surface area contributed by atoms with Crippen LogP contribution >= 0.6 is 0 Å². The Morgan fingerprint density at radius 1 is 1.24 bits per heavy atom. The third kappa shape index (κ3) is 1.79. The van der Waals surface area contributed by atoms with Crippen molar-refractivity contribution in [2.24, 2.45) is 4.99 Å². The van der Waals surface area contributed by atoms with Gasteiger partial charge in [0.1, 0.15) is 5.54 Å². The van der Waals surface area contributed by atoms with E-state index in [-0.39, 0.29) is 5.91 Å². The molecule has 0 aromatic heterocycles. The van der Waals surface area contributed by atoms with Gasteiger partial charge in [-0.2, -0.15) is 0 Å². The van der Waals surface area contributed by atoms with E-state index >= 15 is 0 Å². The Morgan fingerprint density at radius 3 is 2.47 bits per heavy atom. The van der Waals surface area contributed by atoms with Crippen molar-refractivity contribution in [3.63, 3.8) is 0 Å². The normalized spacial score (nSPS) is 25.9. The van der Waals surface area contributed by atoms with Crippen LogP contribution in [0, 0.1) is 13.8 Å². The fourth-order valence-electron chi connectivity index (χ4n) is 1.92. The molecule has 1 amide bonds. The average Bonchev–Trinajstić information content (AvgIpc) is 2.60. The number of guanidine groups is 1. The zero-order chi connectivity index (χ0) is 12.6. The lowest BCUT2D eigenvalue weighted by atomic mass is 9.90. The van der Waals surface area contributed by atoms with Gasteiger partial charge in [-0.15, -0.1) is 0 Å². The smallest absolute Gasteiger partial charge is 0.256 e. The lowest BCUT2D eigenvalue weighted by Crippen LogP contribution is -2.40. The van der Waals surface area contributed by atoms with Crippen molar-refractivity contribution in [3.05, 3.63) is 34.9 Å². The van der Waals surface area contributed by atoms with Crippen LogP contribution in [0.3, 0.4) is 0 Å². The third-order valence-corrected chi connectivity index (χ3v) is 3.36. The molecule has 1 heterocycles. The number of benzene rings is 1. The van der Waals surface area contributed by atoms with E-state index in [1.54, 1.807) is 7.05 Å². The molecule has 4 heteroatoms. The van der Waals surface area contributed by atoms with Crippen molar-refractivity contribution in [3.8, 4) is 0 Å². The summed E-state index contributed by atoms with van der Waals surface area (Å²) in [7, 11) is 1.65. The first kappa shape index (κ1) is 11.6. The van der Waals surface area contributed by atoms with Gasteiger partial charge in [-0.3, -0.25) is 15.1 Å². The maximum Gasteiger partial charge on any atom is 0.256 e. The molecule has 1 aromatic rings. The molecule has 0 bridgehead atoms. The summed E-state index contributed by atoms with van der Waals surface area (Å²) in [5.74, 6) is 0.456. The molecule has 1 atom stereocenters. The zero-order valence-corrected chi connectivity index (χ0v) is 10.6. The summed E-state index contributed by atoms with van der Waals surface area (Å²) in [5.41, 5.74) is 2.63. The minimum atomic E-state index is -0.729. The second-order valence-corrected chi connectivity index (χ2v) is 4.58. The number of aryl methyl sites for hydroxylation is 2. The van der Waals surface area contributed by atoms with Crippen LogP contribution in [-0.4, -0.2) is 18.9 Å². The Hall–Kier alpha value is -1.84. The summed E-state index contributed by atoms with van der Waals surface area (Å²) in [4.78, 5) is 16.0. The van der Waals surface area contributed by atoms with E-state index < -0.39 is 5.54 Å². The Bertz CT molecular complexity index is 507. The standard InChI is InChI=1S/C13H17N3O/c1-8-5-6-10(7-9(8)2)13(3)11(17)15-12(14-4)16-13/h5-7H,1-4H3,(H2,14,15,16,17). The number of hydrogen-bond acceptors (Lipinski definition) is 2. The molecule has 0 aliphatic carbocycles. The summed E-state index contributed by atoms with van der Waals surface area (Å²) in [5, 5.41) is 5.85. The Morgan fingerprint density at radius 2 is 1.94 bits per heavy atom. The molecule has 1 fully saturated rings. The fraction of sp³-hybridized carbons (Fsp3) is 0.385. The van der Waals surface area contributed by atoms with Crippen LogP contribution in [0.2, 0.25) is 0 Å². The number of nitrogens with zero attached hydrogens (tertiary/aromatic N) is 1. The summed E-state index contributed by atoms with van der Waals surface area (Å²) in [6.45, 7) is 5.97. The number of rotatable bonds is 1. The molecule has 0 saturated carbocycles. The van der Waals surface area contributed by atoms with Crippen LogP contribution in [0.5, 0.6) is 0 Å². The highest BCUT2D eigenvalue weighted by atomic mass is 16.2. The maximum absolute atomic E-state index is 12.0. The summed E-state index contributed by atoms with van der Waals surface area (Å²) in [6.07, 6.45) is 0. The van der Waals surface area contributed by atoms with Crippen LogP contribution < -0.4 is 10.6 Å². The topological polar surface area (TPSA) is 53.5 Å². The lowest BCUT2D eigenvalue weighted by molar-refractivity contribution is -0.123. The van der Waals surface area contributed by atoms with Gasteiger partial charge in [0.25, 0.3) is 5.91 Å². The van der Waals surface area contributed by atoms with E-state index in [0.29, 0.717) is 5.96 Å². The molecule has 0 spiro atoms. The van der Waals surface area contributed by atoms with E-state index in [1.165, 1.54) is 11.1 Å². The van der Waals surface area contributed by atoms with Crippen LogP contribution in [0.15, 0.2) is 23.2 Å². The van der Waals surface area contributed by atoms with Gasteiger partial charge < -0.3 is 5.32 Å². The molecule has 1 aromatic carbocycles. The van der Waals surface area contributed by atoms with Crippen LogP contribution in [0.1, 0.15) is 23.6 Å². The molecular weight excluding hydrogens is 214 g/mol. The zero-order valence-electron chi connectivity index (χ0n) is 10.6. The van der Waals surface area contributed by atoms with Crippen LogP contribution in [-0.2, 0) is 10.3 Å². The number of carbonyl (C=O) groups is 1. The highest BCUT2D eigenvalue weighted by Gasteiger charge is 2.42. The van der Waals surface area contributed by atoms with Crippen molar-refractivity contribution in [2.45, 2.75) is 26.3 Å². The predicted octanol–water partition coefficient (Wildman–Crippen LogP) is 1.22. The maximum atomic E-state index is 12.0. The Balaban J connectivity index is 2.45. The average molecular weight is 231 g/mol. The minimum absolute atomic E-state index is 0.0682. The van der Waals surface area contributed by atoms with Crippen LogP contribution in [0.25, 0.3) is 0 Å². The fourth-order valence-corrected chi connectivity index (χ4v) is 1.92. The molecule has 17 heavy (non-hydrogen) atoms. The summed E-state index contributed by atoms with van der Waals surface area (Å²) < 4.78 is 0. The van der Waals surface area contributed by atoms with Crippen LogP contribution in [0.4, 0.5) is 0 Å². The number of aliphatic imine (C=N–C) groups is 1. The summed E-state index contributed by atoms with van der Waals surface area (Å²) in [6, 6.07) is 6.06. The van der Waals surface area contributed by atoms with Crippen molar-refractivity contribution in [2.75, 3.05) is 7.05 Å². The van der Waals surface area contributed by atoms with E-state index in [0.717, 1.165) is 5.56 Å². The van der Waals surface area contributed by atoms with Crippen molar-refractivity contribution >= 4 is 11.9 Å². The van der Waals surface area contributed by atoms with Gasteiger partial charge in [-0.1, -0.05) is 18.2 Å². The predicted molar refractivity (Wildman–Crippen MR) is 67.9 cm³/mol. The molecule has 4 nitrogen and oxygen atoms in total. The molecule has 2 rings (SSSR count). The quantitative estimate of drug-likeness (QED) is 0.763. The molecule has 90 valence electrons. The van der Waals surface area contributed by atoms with Gasteiger partial charge in [-0.25, -0.2) is 0 Å². The van der Waals surface area contributed by atoms with Gasteiger partial charge in [-0.05, 0) is 37.5 Å². The number of nitrogens with one attached hydrogen (secondary N) is 2. The lowest BCUT2D eigenvalue weighted by Gasteiger charge is -2.22. The van der Waals surface area contributed by atoms with Crippen molar-refractivity contribution < 1.29 is 4.79 Å².